The molecule has 1 amide bonds. The molecule has 0 saturated carbocycles. The lowest BCUT2D eigenvalue weighted by Crippen LogP contribution is -2.20. The maximum absolute atomic E-state index is 12.0. The zero-order chi connectivity index (χ0) is 19.1. The predicted octanol–water partition coefficient (Wildman–Crippen LogP) is 5.62. The predicted molar refractivity (Wildman–Crippen MR) is 111 cm³/mol. The van der Waals surface area contributed by atoms with E-state index in [0.29, 0.717) is 22.3 Å². The molecule has 3 aromatic carbocycles. The highest BCUT2D eigenvalue weighted by molar-refractivity contribution is 6.36. The molecule has 4 nitrogen and oxygen atoms in total. The number of carbonyl (C=O) groups excluding carboxylic acids is 1. The first-order valence-electron chi connectivity index (χ1n) is 8.36. The zero-order valence-electron chi connectivity index (χ0n) is 14.4. The number of nitrogens with one attached hydrogen (secondary N) is 2. The summed E-state index contributed by atoms with van der Waals surface area (Å²) in [6.07, 6.45) is 0. The minimum Gasteiger partial charge on any atom is -0.484 e. The Morgan fingerprint density at radius 2 is 1.74 bits per heavy atom. The second-order valence-corrected chi connectivity index (χ2v) is 6.67. The molecule has 0 saturated heterocycles. The smallest absolute Gasteiger partial charge is 0.262 e. The summed E-state index contributed by atoms with van der Waals surface area (Å²) in [4.78, 5) is 12.0. The molecule has 0 aromatic heterocycles. The first-order valence-corrected chi connectivity index (χ1v) is 9.11. The molecule has 0 bridgehead atoms. The van der Waals surface area contributed by atoms with Gasteiger partial charge < -0.3 is 15.4 Å². The van der Waals surface area contributed by atoms with Gasteiger partial charge in [-0.3, -0.25) is 4.79 Å². The van der Waals surface area contributed by atoms with Gasteiger partial charge in [0.1, 0.15) is 5.75 Å². The number of hydrogen-bond acceptors (Lipinski definition) is 3. The van der Waals surface area contributed by atoms with Gasteiger partial charge in [0.2, 0.25) is 0 Å². The van der Waals surface area contributed by atoms with Crippen molar-refractivity contribution in [2.45, 2.75) is 6.54 Å². The van der Waals surface area contributed by atoms with E-state index in [0.717, 1.165) is 16.9 Å². The summed E-state index contributed by atoms with van der Waals surface area (Å²) in [6.45, 7) is 0.504. The third-order valence-corrected chi connectivity index (χ3v) is 4.29. The van der Waals surface area contributed by atoms with Crippen molar-refractivity contribution in [2.75, 3.05) is 17.2 Å². The lowest BCUT2D eigenvalue weighted by atomic mass is 10.2. The van der Waals surface area contributed by atoms with Crippen molar-refractivity contribution < 1.29 is 9.53 Å². The monoisotopic (exact) mass is 400 g/mol. The minimum atomic E-state index is -0.210. The van der Waals surface area contributed by atoms with Crippen LogP contribution >= 0.6 is 23.2 Å². The molecule has 0 fully saturated rings. The van der Waals surface area contributed by atoms with Crippen molar-refractivity contribution in [1.29, 1.82) is 0 Å². The molecule has 27 heavy (non-hydrogen) atoms. The van der Waals surface area contributed by atoms with Crippen LogP contribution in [0.2, 0.25) is 10.0 Å². The van der Waals surface area contributed by atoms with Gasteiger partial charge in [-0.1, -0.05) is 53.5 Å². The maximum atomic E-state index is 12.0. The molecule has 3 rings (SSSR count). The van der Waals surface area contributed by atoms with E-state index >= 15 is 0 Å². The molecule has 0 heterocycles. The standard InChI is InChI=1S/C21H18Cl2N2O2/c22-16-9-10-20(19(23)12-16)24-13-15-5-4-8-18(11-15)27-14-21(26)25-17-6-2-1-3-7-17/h1-12,24H,13-14H2,(H,25,26). The zero-order valence-corrected chi connectivity index (χ0v) is 15.9. The maximum Gasteiger partial charge on any atom is 0.262 e. The Balaban J connectivity index is 1.53. The summed E-state index contributed by atoms with van der Waals surface area (Å²) >= 11 is 12.1. The van der Waals surface area contributed by atoms with Crippen LogP contribution in [0.1, 0.15) is 5.56 Å². The highest BCUT2D eigenvalue weighted by Gasteiger charge is 2.05. The van der Waals surface area contributed by atoms with Crippen LogP contribution in [0.25, 0.3) is 0 Å². The van der Waals surface area contributed by atoms with Crippen LogP contribution < -0.4 is 15.4 Å². The Morgan fingerprint density at radius 1 is 0.926 bits per heavy atom. The molecule has 0 aliphatic heterocycles. The van der Waals surface area contributed by atoms with E-state index in [-0.39, 0.29) is 12.5 Å². The van der Waals surface area contributed by atoms with Gasteiger partial charge in [0.15, 0.2) is 6.61 Å². The Bertz CT molecular complexity index is 917. The van der Waals surface area contributed by atoms with Gasteiger partial charge in [-0.25, -0.2) is 0 Å². The average Bonchev–Trinajstić information content (AvgIpc) is 2.67. The normalized spacial score (nSPS) is 10.3. The second kappa shape index (κ2) is 9.31. The molecule has 0 atom stereocenters. The summed E-state index contributed by atoms with van der Waals surface area (Å²) in [7, 11) is 0. The van der Waals surface area contributed by atoms with E-state index in [2.05, 4.69) is 10.6 Å². The van der Waals surface area contributed by atoms with Crippen LogP contribution in [0.3, 0.4) is 0 Å². The van der Waals surface area contributed by atoms with Crippen LogP contribution in [0.4, 0.5) is 11.4 Å². The van der Waals surface area contributed by atoms with Gasteiger partial charge in [0, 0.05) is 17.3 Å². The van der Waals surface area contributed by atoms with Crippen molar-refractivity contribution in [2.24, 2.45) is 0 Å². The first-order chi connectivity index (χ1) is 13.1. The molecule has 138 valence electrons. The number of carbonyl (C=O) groups is 1. The SMILES string of the molecule is O=C(COc1cccc(CNc2ccc(Cl)cc2Cl)c1)Nc1ccccc1. The number of ether oxygens (including phenoxy) is 1. The first kappa shape index (κ1) is 19.1. The highest BCUT2D eigenvalue weighted by Crippen LogP contribution is 2.26. The fraction of sp³-hybridized carbons (Fsp3) is 0.0952. The fourth-order valence-electron chi connectivity index (χ4n) is 2.44. The van der Waals surface area contributed by atoms with E-state index in [1.807, 2.05) is 60.7 Å². The quantitative estimate of drug-likeness (QED) is 0.540. The van der Waals surface area contributed by atoms with Crippen molar-refractivity contribution in [1.82, 2.24) is 0 Å². The molecule has 2 N–H and O–H groups in total. The van der Waals surface area contributed by atoms with Gasteiger partial charge in [-0.15, -0.1) is 0 Å². The topological polar surface area (TPSA) is 50.4 Å². The molecule has 3 aromatic rings. The third-order valence-electron chi connectivity index (χ3n) is 3.74. The Kier molecular flexibility index (Phi) is 6.58. The summed E-state index contributed by atoms with van der Waals surface area (Å²) in [5.74, 6) is 0.414. The van der Waals surface area contributed by atoms with Crippen LogP contribution in [0.15, 0.2) is 72.8 Å². The Morgan fingerprint density at radius 3 is 2.52 bits per heavy atom. The van der Waals surface area contributed by atoms with Crippen LogP contribution in [0, 0.1) is 0 Å². The average molecular weight is 401 g/mol. The van der Waals surface area contributed by atoms with Crippen molar-refractivity contribution in [3.8, 4) is 5.75 Å². The molecule has 0 radical (unpaired) electrons. The van der Waals surface area contributed by atoms with Crippen LogP contribution in [-0.4, -0.2) is 12.5 Å². The van der Waals surface area contributed by atoms with E-state index in [9.17, 15) is 4.79 Å². The second-order valence-electron chi connectivity index (χ2n) is 5.83. The third kappa shape index (κ3) is 5.91. The van der Waals surface area contributed by atoms with Gasteiger partial charge >= 0.3 is 0 Å². The Labute approximate surface area is 168 Å². The number of halogens is 2. The van der Waals surface area contributed by atoms with Gasteiger partial charge in [0.25, 0.3) is 5.91 Å². The van der Waals surface area contributed by atoms with Crippen molar-refractivity contribution in [3.05, 3.63) is 88.4 Å². The number of rotatable bonds is 7. The van der Waals surface area contributed by atoms with Crippen molar-refractivity contribution >= 4 is 40.5 Å². The van der Waals surface area contributed by atoms with Gasteiger partial charge in [-0.05, 0) is 48.0 Å². The lowest BCUT2D eigenvalue weighted by molar-refractivity contribution is -0.118. The summed E-state index contributed by atoms with van der Waals surface area (Å²) < 4.78 is 5.59. The molecule has 0 aliphatic carbocycles. The summed E-state index contributed by atoms with van der Waals surface area (Å²) in [5, 5.41) is 7.19. The Hall–Kier alpha value is -2.69. The van der Waals surface area contributed by atoms with E-state index in [1.165, 1.54) is 0 Å². The molecule has 6 heteroatoms. The number of anilines is 2. The number of hydrogen-bond donors (Lipinski definition) is 2. The van der Waals surface area contributed by atoms with E-state index < -0.39 is 0 Å². The number of benzene rings is 3. The molecule has 0 spiro atoms. The number of amides is 1. The fourth-order valence-corrected chi connectivity index (χ4v) is 2.92. The molecule has 0 aliphatic rings. The van der Waals surface area contributed by atoms with Crippen molar-refractivity contribution in [3.63, 3.8) is 0 Å². The summed E-state index contributed by atoms with van der Waals surface area (Å²) in [5.41, 5.74) is 2.54. The molecule has 0 unspecified atom stereocenters. The van der Waals surface area contributed by atoms with Gasteiger partial charge in [0.05, 0.1) is 10.7 Å². The highest BCUT2D eigenvalue weighted by atomic mass is 35.5. The van der Waals surface area contributed by atoms with Gasteiger partial charge in [-0.2, -0.15) is 0 Å². The minimum absolute atomic E-state index is 0.0607. The number of para-hydroxylation sites is 1. The van der Waals surface area contributed by atoms with Crippen LogP contribution in [-0.2, 0) is 11.3 Å². The molecular weight excluding hydrogens is 383 g/mol. The largest absolute Gasteiger partial charge is 0.484 e. The lowest BCUT2D eigenvalue weighted by Gasteiger charge is -2.11. The summed E-state index contributed by atoms with van der Waals surface area (Å²) in [6, 6.07) is 22.1. The van der Waals surface area contributed by atoms with E-state index in [4.69, 9.17) is 27.9 Å². The molecular formula is C21H18Cl2N2O2. The van der Waals surface area contributed by atoms with Crippen LogP contribution in [0.5, 0.6) is 5.75 Å². The van der Waals surface area contributed by atoms with E-state index in [1.54, 1.807) is 12.1 Å².